The van der Waals surface area contributed by atoms with Gasteiger partial charge in [0.1, 0.15) is 5.78 Å². The van der Waals surface area contributed by atoms with E-state index in [1.807, 2.05) is 13.0 Å². The first-order valence-electron chi connectivity index (χ1n) is 10.4. The van der Waals surface area contributed by atoms with Crippen molar-refractivity contribution in [3.63, 3.8) is 0 Å². The van der Waals surface area contributed by atoms with Crippen LogP contribution in [-0.4, -0.2) is 41.4 Å². The van der Waals surface area contributed by atoms with Crippen molar-refractivity contribution in [1.29, 1.82) is 0 Å². The highest BCUT2D eigenvalue weighted by Gasteiger charge is 2.20. The third kappa shape index (κ3) is 7.81. The van der Waals surface area contributed by atoms with E-state index in [-0.39, 0.29) is 43.8 Å². The maximum Gasteiger partial charge on any atom is 0.244 e. The predicted octanol–water partition coefficient (Wildman–Crippen LogP) is 4.66. The van der Waals surface area contributed by atoms with E-state index in [0.29, 0.717) is 17.4 Å². The molecule has 1 aromatic carbocycles. The molecule has 1 heterocycles. The fraction of sp³-hybridized carbons (Fsp3) is 0.391. The van der Waals surface area contributed by atoms with E-state index in [9.17, 15) is 32.3 Å². The van der Waals surface area contributed by atoms with E-state index in [4.69, 9.17) is 0 Å². The van der Waals surface area contributed by atoms with Gasteiger partial charge < -0.3 is 10.2 Å². The first-order chi connectivity index (χ1) is 15.6. The lowest BCUT2D eigenvalue weighted by molar-refractivity contribution is -0.136. The van der Waals surface area contributed by atoms with Crippen LogP contribution in [0.1, 0.15) is 53.6 Å². The molecule has 2 rings (SSSR count). The molecule has 178 valence electrons. The van der Waals surface area contributed by atoms with E-state index >= 15 is 0 Å². The van der Waals surface area contributed by atoms with Crippen LogP contribution in [0.2, 0.25) is 0 Å². The topological polar surface area (TPSA) is 83.6 Å². The summed E-state index contributed by atoms with van der Waals surface area (Å²) in [5.74, 6) is -6.23. The summed E-state index contributed by atoms with van der Waals surface area (Å²) >= 11 is 1.36. The lowest BCUT2D eigenvalue weighted by Gasteiger charge is -2.21. The second kappa shape index (κ2) is 12.3. The number of nitrogens with zero attached hydrogens (tertiary/aromatic N) is 1. The molecule has 0 aliphatic heterocycles. The molecule has 6 nitrogen and oxygen atoms in total. The number of hydrogen-bond acceptors (Lipinski definition) is 5. The number of thiophene rings is 1. The highest BCUT2D eigenvalue weighted by molar-refractivity contribution is 7.14. The number of ketones is 2. The summed E-state index contributed by atoms with van der Waals surface area (Å²) in [5, 5.41) is 2.12. The van der Waals surface area contributed by atoms with E-state index in [1.54, 1.807) is 13.0 Å². The number of aryl methyl sites for hydroxylation is 1. The molecule has 0 bridgehead atoms. The average molecular weight is 483 g/mol. The number of anilines is 1. The van der Waals surface area contributed by atoms with Crippen molar-refractivity contribution in [3.8, 4) is 0 Å². The number of benzene rings is 1. The van der Waals surface area contributed by atoms with Gasteiger partial charge in [0.25, 0.3) is 0 Å². The van der Waals surface area contributed by atoms with Gasteiger partial charge in [0.2, 0.25) is 11.8 Å². The summed E-state index contributed by atoms with van der Waals surface area (Å²) < 4.78 is 40.1. The van der Waals surface area contributed by atoms with Gasteiger partial charge in [0, 0.05) is 37.1 Å². The molecule has 33 heavy (non-hydrogen) atoms. The van der Waals surface area contributed by atoms with Crippen molar-refractivity contribution in [1.82, 2.24) is 4.90 Å². The van der Waals surface area contributed by atoms with Gasteiger partial charge >= 0.3 is 0 Å². The monoisotopic (exact) mass is 482 g/mol. The highest BCUT2D eigenvalue weighted by Crippen LogP contribution is 2.20. The van der Waals surface area contributed by atoms with Crippen LogP contribution in [0.4, 0.5) is 18.9 Å². The Morgan fingerprint density at radius 3 is 2.27 bits per heavy atom. The molecule has 10 heteroatoms. The van der Waals surface area contributed by atoms with Crippen LogP contribution in [0.3, 0.4) is 0 Å². The second-order valence-corrected chi connectivity index (χ2v) is 8.75. The minimum atomic E-state index is -1.71. The highest BCUT2D eigenvalue weighted by atomic mass is 32.1. The first-order valence-corrected chi connectivity index (χ1v) is 11.3. The molecule has 0 saturated heterocycles. The van der Waals surface area contributed by atoms with Crippen molar-refractivity contribution in [2.24, 2.45) is 0 Å². The molecular weight excluding hydrogens is 457 g/mol. The third-order valence-electron chi connectivity index (χ3n) is 4.75. The molecule has 1 aromatic heterocycles. The maximum absolute atomic E-state index is 13.7. The van der Waals surface area contributed by atoms with Crippen LogP contribution in [0, 0.1) is 24.4 Å². The van der Waals surface area contributed by atoms with Crippen LogP contribution in [0.5, 0.6) is 0 Å². The second-order valence-electron chi connectivity index (χ2n) is 7.46. The van der Waals surface area contributed by atoms with E-state index in [1.165, 1.54) is 16.2 Å². The Kier molecular flexibility index (Phi) is 9.77. The lowest BCUT2D eigenvalue weighted by Crippen LogP contribution is -2.38. The number of amides is 2. The molecule has 0 spiro atoms. The van der Waals surface area contributed by atoms with Crippen molar-refractivity contribution in [3.05, 3.63) is 51.5 Å². The number of hydrogen-bond donors (Lipinski definition) is 1. The van der Waals surface area contributed by atoms with Gasteiger partial charge in [-0.3, -0.25) is 19.2 Å². The van der Waals surface area contributed by atoms with Gasteiger partial charge in [-0.05, 0) is 37.6 Å². The summed E-state index contributed by atoms with van der Waals surface area (Å²) in [5.41, 5.74) is -0.538. The van der Waals surface area contributed by atoms with Crippen LogP contribution in [0.15, 0.2) is 24.3 Å². The Bertz CT molecular complexity index is 1040. The smallest absolute Gasteiger partial charge is 0.244 e. The van der Waals surface area contributed by atoms with E-state index in [2.05, 4.69) is 5.32 Å². The fourth-order valence-corrected chi connectivity index (χ4v) is 3.87. The van der Waals surface area contributed by atoms with E-state index in [0.717, 1.165) is 10.9 Å². The molecule has 0 saturated carbocycles. The predicted molar refractivity (Wildman–Crippen MR) is 119 cm³/mol. The van der Waals surface area contributed by atoms with Crippen LogP contribution in [-0.2, 0) is 14.4 Å². The zero-order valence-corrected chi connectivity index (χ0v) is 19.2. The Morgan fingerprint density at radius 1 is 0.939 bits per heavy atom. The molecular formula is C23H25F3N2O4S. The molecule has 2 aromatic rings. The molecule has 2 amide bonds. The van der Waals surface area contributed by atoms with Crippen molar-refractivity contribution >= 4 is 40.4 Å². The first kappa shape index (κ1) is 26.2. The largest absolute Gasteiger partial charge is 0.333 e. The molecule has 0 aliphatic rings. The third-order valence-corrected chi connectivity index (χ3v) is 5.80. The number of rotatable bonds is 12. The quantitative estimate of drug-likeness (QED) is 0.352. The summed E-state index contributed by atoms with van der Waals surface area (Å²) in [6, 6.07) is 5.11. The molecule has 1 N–H and O–H groups in total. The Morgan fingerprint density at radius 2 is 1.64 bits per heavy atom. The minimum Gasteiger partial charge on any atom is -0.333 e. The normalized spacial score (nSPS) is 10.7. The summed E-state index contributed by atoms with van der Waals surface area (Å²) in [6.07, 6.45) is 0.398. The lowest BCUT2D eigenvalue weighted by atomic mass is 10.1. The number of nitrogens with one attached hydrogen (secondary N) is 1. The van der Waals surface area contributed by atoms with Gasteiger partial charge in [-0.1, -0.05) is 6.92 Å². The van der Waals surface area contributed by atoms with Crippen LogP contribution < -0.4 is 5.32 Å². The molecule has 0 unspecified atom stereocenters. The number of carbonyl (C=O) groups is 4. The van der Waals surface area contributed by atoms with Gasteiger partial charge in [-0.2, -0.15) is 0 Å². The number of halogens is 3. The molecule has 0 fully saturated rings. The van der Waals surface area contributed by atoms with Crippen molar-refractivity contribution in [2.45, 2.75) is 46.0 Å². The summed E-state index contributed by atoms with van der Waals surface area (Å²) in [6.45, 7) is 3.46. The van der Waals surface area contributed by atoms with Gasteiger partial charge in [0.15, 0.2) is 23.2 Å². The zero-order chi connectivity index (χ0) is 24.5. The Labute approximate surface area is 193 Å². The maximum atomic E-state index is 13.7. The van der Waals surface area contributed by atoms with Crippen molar-refractivity contribution in [2.75, 3.05) is 18.4 Å². The SMILES string of the molecule is CCCN(CC(=O)Nc1ccc(F)c(F)c1F)C(=O)CCC(=O)CCC(=O)c1ccc(C)s1. The van der Waals surface area contributed by atoms with E-state index < -0.39 is 41.5 Å². The van der Waals surface area contributed by atoms with Crippen molar-refractivity contribution < 1.29 is 32.3 Å². The van der Waals surface area contributed by atoms with Gasteiger partial charge in [-0.25, -0.2) is 13.2 Å². The fourth-order valence-electron chi connectivity index (χ4n) is 3.04. The van der Waals surface area contributed by atoms with Gasteiger partial charge in [0.05, 0.1) is 17.1 Å². The number of carbonyl (C=O) groups excluding carboxylic acids is 4. The standard InChI is InChI=1S/C23H25F3N2O4S/c1-3-12-28(13-20(31)27-17-8-7-16(24)22(25)23(17)26)21(32)11-6-15(29)5-9-18(30)19-10-4-14(2)33-19/h4,7-8,10H,3,5-6,9,11-13H2,1-2H3,(H,27,31). The average Bonchev–Trinajstić information content (AvgIpc) is 3.22. The number of Topliss-reactive ketones (excluding diaryl/α,β-unsaturated/α-hetero) is 2. The Balaban J connectivity index is 1.84. The van der Waals surface area contributed by atoms with Crippen LogP contribution >= 0.6 is 11.3 Å². The molecule has 0 radical (unpaired) electrons. The minimum absolute atomic E-state index is 0.0206. The van der Waals surface area contributed by atoms with Crippen LogP contribution in [0.25, 0.3) is 0 Å². The Hall–Kier alpha value is -3.01. The molecule has 0 aliphatic carbocycles. The zero-order valence-electron chi connectivity index (χ0n) is 18.4. The molecule has 0 atom stereocenters. The summed E-state index contributed by atoms with van der Waals surface area (Å²) in [4.78, 5) is 51.7. The summed E-state index contributed by atoms with van der Waals surface area (Å²) in [7, 11) is 0. The van der Waals surface area contributed by atoms with Gasteiger partial charge in [-0.15, -0.1) is 11.3 Å².